The SMILES string of the molecule is Cc1cc(C2CCOCC2)oc(=O)c1C(=O)NCCn1cnc(C)c1C. The molecule has 0 spiro atoms. The monoisotopic (exact) mass is 359 g/mol. The van der Waals surface area contributed by atoms with Crippen molar-refractivity contribution in [3.63, 3.8) is 0 Å². The molecule has 1 N–H and O–H groups in total. The van der Waals surface area contributed by atoms with Crippen LogP contribution in [0.5, 0.6) is 0 Å². The molecular formula is C19H25N3O4. The molecule has 1 saturated heterocycles. The fourth-order valence-corrected chi connectivity index (χ4v) is 3.24. The van der Waals surface area contributed by atoms with Gasteiger partial charge in [-0.25, -0.2) is 9.78 Å². The molecular weight excluding hydrogens is 334 g/mol. The van der Waals surface area contributed by atoms with E-state index >= 15 is 0 Å². The first kappa shape index (κ1) is 18.4. The number of aryl methyl sites for hydroxylation is 2. The standard InChI is InChI=1S/C19H25N3O4/c1-12-10-16(15-4-8-25-9-5-15)26-19(24)17(12)18(23)20-6-7-22-11-21-13(2)14(22)3/h10-11,15H,4-9H2,1-3H3,(H,20,23). The summed E-state index contributed by atoms with van der Waals surface area (Å²) in [5, 5.41) is 2.80. The lowest BCUT2D eigenvalue weighted by molar-refractivity contribution is 0.0795. The molecule has 26 heavy (non-hydrogen) atoms. The molecule has 0 aliphatic carbocycles. The molecule has 0 aromatic carbocycles. The second kappa shape index (κ2) is 7.86. The molecule has 3 rings (SSSR count). The zero-order chi connectivity index (χ0) is 18.7. The van der Waals surface area contributed by atoms with E-state index in [1.54, 1.807) is 13.3 Å². The molecule has 7 nitrogen and oxygen atoms in total. The summed E-state index contributed by atoms with van der Waals surface area (Å²) in [4.78, 5) is 29.0. The van der Waals surface area contributed by atoms with Gasteiger partial charge in [0.25, 0.3) is 5.91 Å². The minimum Gasteiger partial charge on any atom is -0.427 e. The normalized spacial score (nSPS) is 15.2. The smallest absolute Gasteiger partial charge is 0.349 e. The number of carbonyl (C=O) groups excluding carboxylic acids is 1. The van der Waals surface area contributed by atoms with Gasteiger partial charge in [0.15, 0.2) is 0 Å². The largest absolute Gasteiger partial charge is 0.427 e. The minimum absolute atomic E-state index is 0.0827. The van der Waals surface area contributed by atoms with E-state index < -0.39 is 11.5 Å². The third kappa shape index (κ3) is 3.88. The number of amides is 1. The van der Waals surface area contributed by atoms with E-state index in [0.29, 0.717) is 37.6 Å². The van der Waals surface area contributed by atoms with Crippen molar-refractivity contribution in [3.8, 4) is 0 Å². The van der Waals surface area contributed by atoms with E-state index in [-0.39, 0.29) is 11.5 Å². The van der Waals surface area contributed by atoms with Crippen molar-refractivity contribution in [2.45, 2.75) is 46.1 Å². The van der Waals surface area contributed by atoms with E-state index in [0.717, 1.165) is 24.2 Å². The average molecular weight is 359 g/mol. The molecule has 0 unspecified atom stereocenters. The fraction of sp³-hybridized carbons (Fsp3) is 0.526. The van der Waals surface area contributed by atoms with Crippen LogP contribution in [0.4, 0.5) is 0 Å². The lowest BCUT2D eigenvalue weighted by Gasteiger charge is -2.21. The first-order valence-corrected chi connectivity index (χ1v) is 8.96. The van der Waals surface area contributed by atoms with Crippen molar-refractivity contribution in [2.24, 2.45) is 0 Å². The van der Waals surface area contributed by atoms with Crippen LogP contribution in [-0.2, 0) is 11.3 Å². The van der Waals surface area contributed by atoms with Gasteiger partial charge < -0.3 is 19.0 Å². The summed E-state index contributed by atoms with van der Waals surface area (Å²) in [5.74, 6) is 0.431. The van der Waals surface area contributed by atoms with Crippen LogP contribution in [0.15, 0.2) is 21.6 Å². The molecule has 0 radical (unpaired) electrons. The highest BCUT2D eigenvalue weighted by atomic mass is 16.5. The molecule has 2 aromatic heterocycles. The van der Waals surface area contributed by atoms with Gasteiger partial charge in [0.1, 0.15) is 11.3 Å². The summed E-state index contributed by atoms with van der Waals surface area (Å²) in [6, 6.07) is 1.82. The molecule has 1 aliphatic heterocycles. The summed E-state index contributed by atoms with van der Waals surface area (Å²) in [7, 11) is 0. The van der Waals surface area contributed by atoms with Gasteiger partial charge in [-0.15, -0.1) is 0 Å². The maximum Gasteiger partial charge on any atom is 0.349 e. The number of hydrogen-bond donors (Lipinski definition) is 1. The predicted octanol–water partition coefficient (Wildman–Crippen LogP) is 2.09. The third-order valence-electron chi connectivity index (χ3n) is 5.00. The van der Waals surface area contributed by atoms with Crippen molar-refractivity contribution < 1.29 is 13.9 Å². The Kier molecular flexibility index (Phi) is 5.56. The Morgan fingerprint density at radius 3 is 2.65 bits per heavy atom. The summed E-state index contributed by atoms with van der Waals surface area (Å²) in [5.41, 5.74) is 2.19. The van der Waals surface area contributed by atoms with Crippen molar-refractivity contribution in [1.82, 2.24) is 14.9 Å². The van der Waals surface area contributed by atoms with Gasteiger partial charge in [0.05, 0.1) is 12.0 Å². The maximum absolute atomic E-state index is 12.4. The minimum atomic E-state index is -0.571. The predicted molar refractivity (Wildman–Crippen MR) is 96.5 cm³/mol. The fourth-order valence-electron chi connectivity index (χ4n) is 3.24. The number of nitrogens with one attached hydrogen (secondary N) is 1. The number of imidazole rings is 1. The van der Waals surface area contributed by atoms with Gasteiger partial charge in [-0.05, 0) is 45.2 Å². The van der Waals surface area contributed by atoms with Gasteiger partial charge in [-0.1, -0.05) is 0 Å². The zero-order valence-electron chi connectivity index (χ0n) is 15.5. The summed E-state index contributed by atoms with van der Waals surface area (Å²) in [6.07, 6.45) is 3.41. The van der Waals surface area contributed by atoms with Crippen molar-refractivity contribution >= 4 is 5.91 Å². The maximum atomic E-state index is 12.4. The van der Waals surface area contributed by atoms with E-state index in [1.807, 2.05) is 24.5 Å². The van der Waals surface area contributed by atoms with Gasteiger partial charge in [-0.2, -0.15) is 0 Å². The second-order valence-electron chi connectivity index (χ2n) is 6.75. The molecule has 3 heterocycles. The van der Waals surface area contributed by atoms with E-state index in [4.69, 9.17) is 9.15 Å². The number of hydrogen-bond acceptors (Lipinski definition) is 5. The van der Waals surface area contributed by atoms with Crippen LogP contribution < -0.4 is 10.9 Å². The second-order valence-corrected chi connectivity index (χ2v) is 6.75. The quantitative estimate of drug-likeness (QED) is 0.883. The molecule has 7 heteroatoms. The van der Waals surface area contributed by atoms with Crippen LogP contribution in [-0.4, -0.2) is 35.2 Å². The molecule has 0 bridgehead atoms. The number of carbonyl (C=O) groups is 1. The molecule has 1 fully saturated rings. The van der Waals surface area contributed by atoms with Crippen LogP contribution in [0.1, 0.15) is 51.8 Å². The highest BCUT2D eigenvalue weighted by molar-refractivity contribution is 5.95. The Morgan fingerprint density at radius 1 is 1.31 bits per heavy atom. The van der Waals surface area contributed by atoms with Crippen molar-refractivity contribution in [2.75, 3.05) is 19.8 Å². The highest BCUT2D eigenvalue weighted by Gasteiger charge is 2.22. The molecule has 2 aromatic rings. The van der Waals surface area contributed by atoms with Gasteiger partial charge in [0, 0.05) is 37.9 Å². The molecule has 0 saturated carbocycles. The molecule has 0 atom stereocenters. The Morgan fingerprint density at radius 2 is 2.04 bits per heavy atom. The zero-order valence-corrected chi connectivity index (χ0v) is 15.5. The Hall–Kier alpha value is -2.41. The first-order valence-electron chi connectivity index (χ1n) is 8.96. The van der Waals surface area contributed by atoms with E-state index in [1.165, 1.54) is 0 Å². The lowest BCUT2D eigenvalue weighted by atomic mass is 9.95. The number of nitrogens with zero attached hydrogens (tertiary/aromatic N) is 2. The highest BCUT2D eigenvalue weighted by Crippen LogP contribution is 2.27. The van der Waals surface area contributed by atoms with Crippen LogP contribution in [0.2, 0.25) is 0 Å². The first-order chi connectivity index (χ1) is 12.5. The van der Waals surface area contributed by atoms with Crippen molar-refractivity contribution in [1.29, 1.82) is 0 Å². The lowest BCUT2D eigenvalue weighted by Crippen LogP contribution is -2.32. The van der Waals surface area contributed by atoms with Gasteiger partial charge in [-0.3, -0.25) is 4.79 Å². The van der Waals surface area contributed by atoms with Gasteiger partial charge in [0.2, 0.25) is 0 Å². The number of ether oxygens (including phenoxy) is 1. The molecule has 140 valence electrons. The summed E-state index contributed by atoms with van der Waals surface area (Å²) < 4.78 is 12.8. The van der Waals surface area contributed by atoms with Crippen LogP contribution in [0.3, 0.4) is 0 Å². The Labute approximate surface area is 152 Å². The summed E-state index contributed by atoms with van der Waals surface area (Å²) >= 11 is 0. The van der Waals surface area contributed by atoms with Crippen molar-refractivity contribution in [3.05, 3.63) is 51.1 Å². The van der Waals surface area contributed by atoms with Gasteiger partial charge >= 0.3 is 5.63 Å². The third-order valence-corrected chi connectivity index (χ3v) is 5.00. The van der Waals surface area contributed by atoms with E-state index in [2.05, 4.69) is 10.3 Å². The number of rotatable bonds is 5. The van der Waals surface area contributed by atoms with E-state index in [9.17, 15) is 9.59 Å². The Bertz CT molecular complexity index is 847. The van der Waals surface area contributed by atoms with Crippen LogP contribution in [0, 0.1) is 20.8 Å². The van der Waals surface area contributed by atoms with Crippen LogP contribution >= 0.6 is 0 Å². The topological polar surface area (TPSA) is 86.4 Å². The number of aromatic nitrogens is 2. The summed E-state index contributed by atoms with van der Waals surface area (Å²) in [6.45, 7) is 8.06. The van der Waals surface area contributed by atoms with Crippen LogP contribution in [0.25, 0.3) is 0 Å². The average Bonchev–Trinajstić information content (AvgIpc) is 2.94. The molecule has 1 amide bonds. The molecule has 1 aliphatic rings. The Balaban J connectivity index is 1.67.